The van der Waals surface area contributed by atoms with Gasteiger partial charge in [0.2, 0.25) is 0 Å². The van der Waals surface area contributed by atoms with Gasteiger partial charge in [-0.05, 0) is 65.3 Å². The SMILES string of the molecule is CC(C)(C)OC(=O)COc1ccc(/C=C/C=O)cc1OCC(=O)OC(C)(C)C. The first-order valence-corrected chi connectivity index (χ1v) is 8.85. The van der Waals surface area contributed by atoms with Crippen LogP contribution in [0.3, 0.4) is 0 Å². The second-order valence-electron chi connectivity index (χ2n) is 7.95. The van der Waals surface area contributed by atoms with Crippen molar-refractivity contribution in [2.75, 3.05) is 13.2 Å². The van der Waals surface area contributed by atoms with Crippen molar-refractivity contribution in [3.63, 3.8) is 0 Å². The van der Waals surface area contributed by atoms with Crippen LogP contribution in [0.2, 0.25) is 0 Å². The third-order valence-electron chi connectivity index (χ3n) is 2.87. The summed E-state index contributed by atoms with van der Waals surface area (Å²) in [6, 6.07) is 4.86. The number of esters is 2. The lowest BCUT2D eigenvalue weighted by Gasteiger charge is -2.21. The molecule has 7 heteroatoms. The molecule has 7 nitrogen and oxygen atoms in total. The number of hydrogen-bond donors (Lipinski definition) is 0. The predicted molar refractivity (Wildman–Crippen MR) is 104 cm³/mol. The Kier molecular flexibility index (Phi) is 8.22. The smallest absolute Gasteiger partial charge is 0.344 e. The Morgan fingerprint density at radius 1 is 0.857 bits per heavy atom. The third kappa shape index (κ3) is 9.75. The lowest BCUT2D eigenvalue weighted by Crippen LogP contribution is -2.28. The Labute approximate surface area is 165 Å². The lowest BCUT2D eigenvalue weighted by molar-refractivity contribution is -0.158. The van der Waals surface area contributed by atoms with Crippen LogP contribution in [-0.4, -0.2) is 42.6 Å². The van der Waals surface area contributed by atoms with Crippen LogP contribution in [0.1, 0.15) is 47.1 Å². The Bertz CT molecular complexity index is 721. The Balaban J connectivity index is 2.89. The molecule has 1 rings (SSSR count). The van der Waals surface area contributed by atoms with E-state index in [4.69, 9.17) is 18.9 Å². The molecule has 0 saturated heterocycles. The van der Waals surface area contributed by atoms with E-state index in [1.54, 1.807) is 65.8 Å². The van der Waals surface area contributed by atoms with Gasteiger partial charge < -0.3 is 18.9 Å². The molecule has 154 valence electrons. The van der Waals surface area contributed by atoms with E-state index in [1.165, 1.54) is 6.08 Å². The molecular formula is C21H28O7. The molecule has 0 aliphatic rings. The summed E-state index contributed by atoms with van der Waals surface area (Å²) in [7, 11) is 0. The molecule has 0 unspecified atom stereocenters. The molecule has 1 aromatic carbocycles. The van der Waals surface area contributed by atoms with E-state index < -0.39 is 23.1 Å². The van der Waals surface area contributed by atoms with Crippen molar-refractivity contribution in [3.8, 4) is 11.5 Å². The van der Waals surface area contributed by atoms with Gasteiger partial charge in [-0.1, -0.05) is 12.1 Å². The molecule has 0 aliphatic heterocycles. The largest absolute Gasteiger partial charge is 0.478 e. The van der Waals surface area contributed by atoms with E-state index in [2.05, 4.69) is 0 Å². The maximum atomic E-state index is 11.9. The van der Waals surface area contributed by atoms with Crippen molar-refractivity contribution in [1.82, 2.24) is 0 Å². The van der Waals surface area contributed by atoms with Crippen LogP contribution in [0.4, 0.5) is 0 Å². The molecule has 0 fully saturated rings. The first-order valence-electron chi connectivity index (χ1n) is 8.85. The summed E-state index contributed by atoms with van der Waals surface area (Å²) in [5.74, 6) is -0.574. The van der Waals surface area contributed by atoms with Crippen LogP contribution in [0.5, 0.6) is 11.5 Å². The van der Waals surface area contributed by atoms with E-state index in [0.717, 1.165) is 0 Å². The Hall–Kier alpha value is -2.83. The van der Waals surface area contributed by atoms with Crippen molar-refractivity contribution < 1.29 is 33.3 Å². The molecule has 0 radical (unpaired) electrons. The highest BCUT2D eigenvalue weighted by molar-refractivity contribution is 5.75. The highest BCUT2D eigenvalue weighted by Crippen LogP contribution is 2.29. The minimum Gasteiger partial charge on any atom is -0.478 e. The molecule has 0 amide bonds. The average Bonchev–Trinajstić information content (AvgIpc) is 2.53. The monoisotopic (exact) mass is 392 g/mol. The fourth-order valence-electron chi connectivity index (χ4n) is 2.03. The standard InChI is InChI=1S/C21H28O7/c1-20(2,3)27-18(23)13-25-16-10-9-15(8-7-11-22)12-17(16)26-14-19(24)28-21(4,5)6/h7-12H,13-14H2,1-6H3/b8-7+. The van der Waals surface area contributed by atoms with E-state index >= 15 is 0 Å². The van der Waals surface area contributed by atoms with Gasteiger partial charge in [-0.25, -0.2) is 9.59 Å². The topological polar surface area (TPSA) is 88.1 Å². The molecule has 28 heavy (non-hydrogen) atoms. The minimum atomic E-state index is -0.634. The first-order chi connectivity index (χ1) is 12.9. The van der Waals surface area contributed by atoms with E-state index in [1.807, 2.05) is 0 Å². The number of ether oxygens (including phenoxy) is 4. The summed E-state index contributed by atoms with van der Waals surface area (Å²) in [4.78, 5) is 34.3. The molecule has 0 saturated carbocycles. The highest BCUT2D eigenvalue weighted by atomic mass is 16.6. The van der Waals surface area contributed by atoms with Gasteiger partial charge in [0.15, 0.2) is 24.7 Å². The first kappa shape index (κ1) is 23.2. The maximum absolute atomic E-state index is 11.9. The van der Waals surface area contributed by atoms with Crippen LogP contribution in [0.15, 0.2) is 24.3 Å². The van der Waals surface area contributed by atoms with Crippen LogP contribution >= 0.6 is 0 Å². The summed E-state index contributed by atoms with van der Waals surface area (Å²) in [6.07, 6.45) is 3.55. The predicted octanol–water partition coefficient (Wildman–Crippen LogP) is 3.34. The maximum Gasteiger partial charge on any atom is 0.344 e. The zero-order chi connectivity index (χ0) is 21.4. The molecule has 0 atom stereocenters. The number of hydrogen-bond acceptors (Lipinski definition) is 7. The number of allylic oxidation sites excluding steroid dienone is 1. The van der Waals surface area contributed by atoms with Gasteiger partial charge in [0.25, 0.3) is 0 Å². The van der Waals surface area contributed by atoms with Crippen molar-refractivity contribution in [3.05, 3.63) is 29.8 Å². The van der Waals surface area contributed by atoms with Crippen molar-refractivity contribution in [1.29, 1.82) is 0 Å². The molecule has 0 N–H and O–H groups in total. The Morgan fingerprint density at radius 3 is 1.82 bits per heavy atom. The second-order valence-corrected chi connectivity index (χ2v) is 7.95. The van der Waals surface area contributed by atoms with Crippen LogP contribution in [0.25, 0.3) is 6.08 Å². The number of carbonyl (C=O) groups is 3. The normalized spacial score (nSPS) is 11.8. The molecule has 0 bridgehead atoms. The van der Waals surface area contributed by atoms with Gasteiger partial charge in [-0.15, -0.1) is 0 Å². The van der Waals surface area contributed by atoms with E-state index in [9.17, 15) is 14.4 Å². The summed E-state index contributed by atoms with van der Waals surface area (Å²) in [5.41, 5.74) is -0.596. The van der Waals surface area contributed by atoms with Gasteiger partial charge in [-0.3, -0.25) is 4.79 Å². The van der Waals surface area contributed by atoms with Gasteiger partial charge in [-0.2, -0.15) is 0 Å². The number of rotatable bonds is 8. The van der Waals surface area contributed by atoms with E-state index in [0.29, 0.717) is 11.8 Å². The molecule has 0 spiro atoms. The van der Waals surface area contributed by atoms with Crippen molar-refractivity contribution in [2.45, 2.75) is 52.7 Å². The van der Waals surface area contributed by atoms with Crippen LogP contribution in [-0.2, 0) is 23.9 Å². The van der Waals surface area contributed by atoms with Crippen LogP contribution < -0.4 is 9.47 Å². The average molecular weight is 392 g/mol. The second kappa shape index (κ2) is 9.92. The van der Waals surface area contributed by atoms with Gasteiger partial charge in [0, 0.05) is 0 Å². The fourth-order valence-corrected chi connectivity index (χ4v) is 2.03. The zero-order valence-corrected chi connectivity index (χ0v) is 17.2. The molecule has 0 aliphatic carbocycles. The highest BCUT2D eigenvalue weighted by Gasteiger charge is 2.19. The molecular weight excluding hydrogens is 364 g/mol. The third-order valence-corrected chi connectivity index (χ3v) is 2.87. The lowest BCUT2D eigenvalue weighted by atomic mass is 10.2. The van der Waals surface area contributed by atoms with E-state index in [-0.39, 0.29) is 24.7 Å². The number of carbonyl (C=O) groups excluding carboxylic acids is 3. The number of aldehydes is 1. The molecule has 0 heterocycles. The summed E-state index contributed by atoms with van der Waals surface area (Å²) in [6.45, 7) is 9.89. The Morgan fingerprint density at radius 2 is 1.36 bits per heavy atom. The molecule has 0 aromatic heterocycles. The zero-order valence-electron chi connectivity index (χ0n) is 17.2. The van der Waals surface area contributed by atoms with Crippen molar-refractivity contribution >= 4 is 24.3 Å². The quantitative estimate of drug-likeness (QED) is 0.381. The fraction of sp³-hybridized carbons (Fsp3) is 0.476. The van der Waals surface area contributed by atoms with Gasteiger partial charge >= 0.3 is 11.9 Å². The molecule has 1 aromatic rings. The van der Waals surface area contributed by atoms with Crippen LogP contribution in [0, 0.1) is 0 Å². The van der Waals surface area contributed by atoms with Crippen molar-refractivity contribution in [2.24, 2.45) is 0 Å². The van der Waals surface area contributed by atoms with Gasteiger partial charge in [0.05, 0.1) is 0 Å². The summed E-state index contributed by atoms with van der Waals surface area (Å²) >= 11 is 0. The summed E-state index contributed by atoms with van der Waals surface area (Å²) in [5, 5.41) is 0. The number of benzene rings is 1. The minimum absolute atomic E-state index is 0.238. The summed E-state index contributed by atoms with van der Waals surface area (Å²) < 4.78 is 21.4. The van der Waals surface area contributed by atoms with Gasteiger partial charge in [0.1, 0.15) is 17.5 Å².